The third-order valence-electron chi connectivity index (χ3n) is 17.6. The third kappa shape index (κ3) is 6.44. The van der Waals surface area contributed by atoms with Crippen LogP contribution in [0.5, 0.6) is 0 Å². The lowest BCUT2D eigenvalue weighted by molar-refractivity contribution is 0.657. The molecular formula is C74H54O. The first kappa shape index (κ1) is 43.8. The molecule has 2 atom stereocenters. The number of para-hydroxylation sites is 1. The van der Waals surface area contributed by atoms with E-state index in [9.17, 15) is 0 Å². The summed E-state index contributed by atoms with van der Waals surface area (Å²) in [6, 6.07) is 91.7. The van der Waals surface area contributed by atoms with Crippen LogP contribution in [-0.2, 0) is 23.7 Å². The van der Waals surface area contributed by atoms with E-state index in [1.807, 2.05) is 6.07 Å². The zero-order valence-electron chi connectivity index (χ0n) is 42.5. The number of fused-ring (bicyclic) bond motifs is 16. The van der Waals surface area contributed by atoms with E-state index in [-0.39, 0.29) is 11.3 Å². The van der Waals surface area contributed by atoms with Crippen LogP contribution < -0.4 is 0 Å². The molecule has 1 nitrogen and oxygen atoms in total. The van der Waals surface area contributed by atoms with Gasteiger partial charge in [-0.1, -0.05) is 238 Å². The molecule has 2 unspecified atom stereocenters. The van der Waals surface area contributed by atoms with Gasteiger partial charge >= 0.3 is 0 Å². The lowest BCUT2D eigenvalue weighted by Gasteiger charge is -2.30. The molecule has 3 aliphatic rings. The molecule has 1 aromatic heterocycles. The molecule has 11 aromatic carbocycles. The first-order valence-corrected chi connectivity index (χ1v) is 26.7. The first-order chi connectivity index (χ1) is 36.9. The minimum Gasteiger partial charge on any atom is -0.456 e. The van der Waals surface area contributed by atoms with E-state index >= 15 is 0 Å². The summed E-state index contributed by atoms with van der Waals surface area (Å²) in [5, 5.41) is 2.29. The number of hydrogen-bond donors (Lipinski definition) is 0. The minimum absolute atomic E-state index is 0.0910. The summed E-state index contributed by atoms with van der Waals surface area (Å²) in [7, 11) is 0. The molecule has 0 saturated heterocycles. The molecule has 0 saturated carbocycles. The van der Waals surface area contributed by atoms with Gasteiger partial charge in [-0.25, -0.2) is 0 Å². The van der Waals surface area contributed by atoms with Crippen molar-refractivity contribution in [3.63, 3.8) is 0 Å². The summed E-state index contributed by atoms with van der Waals surface area (Å²) in [4.78, 5) is 0. The molecule has 0 fully saturated rings. The SMILES string of the molecule is Cc1ccccc1-c1ccc(C(Cc2ccccc2)c2ccc3c(c2)C(C)(C)c2ccccc2-3)cc1Cc1cccc2c1-c1ccccc1C21c2ccccc2-c2c(-c3ccc4oc5ccccc5c4c3)cccc21. The smallest absolute Gasteiger partial charge is 0.135 e. The molecule has 15 rings (SSSR count). The second kappa shape index (κ2) is 16.6. The van der Waals surface area contributed by atoms with Gasteiger partial charge in [0.15, 0.2) is 0 Å². The summed E-state index contributed by atoms with van der Waals surface area (Å²) in [5.74, 6) is 0.140. The van der Waals surface area contributed by atoms with Crippen LogP contribution in [0.3, 0.4) is 0 Å². The number of aryl methyl sites for hydroxylation is 1. The highest BCUT2D eigenvalue weighted by Gasteiger charge is 2.52. The Morgan fingerprint density at radius 3 is 1.73 bits per heavy atom. The molecule has 0 N–H and O–H groups in total. The Kier molecular flexibility index (Phi) is 9.70. The fourth-order valence-corrected chi connectivity index (χ4v) is 14.1. The molecule has 0 amide bonds. The van der Waals surface area contributed by atoms with Crippen molar-refractivity contribution >= 4 is 21.9 Å². The predicted molar refractivity (Wildman–Crippen MR) is 311 cm³/mol. The van der Waals surface area contributed by atoms with E-state index in [1.54, 1.807) is 0 Å². The number of hydrogen-bond acceptors (Lipinski definition) is 1. The maximum absolute atomic E-state index is 6.33. The molecular weight excluding hydrogens is 905 g/mol. The van der Waals surface area contributed by atoms with Gasteiger partial charge in [-0.05, 0) is 160 Å². The maximum Gasteiger partial charge on any atom is 0.135 e. The van der Waals surface area contributed by atoms with Gasteiger partial charge < -0.3 is 4.42 Å². The van der Waals surface area contributed by atoms with Crippen LogP contribution in [0, 0.1) is 6.92 Å². The quantitative estimate of drug-likeness (QED) is 0.148. The predicted octanol–water partition coefficient (Wildman–Crippen LogP) is 18.8. The largest absolute Gasteiger partial charge is 0.456 e. The first-order valence-electron chi connectivity index (χ1n) is 26.7. The lowest BCUT2D eigenvalue weighted by Crippen LogP contribution is -2.25. The zero-order valence-corrected chi connectivity index (χ0v) is 42.5. The highest BCUT2D eigenvalue weighted by molar-refractivity contribution is 6.08. The van der Waals surface area contributed by atoms with Crippen LogP contribution in [0.2, 0.25) is 0 Å². The second-order valence-corrected chi connectivity index (χ2v) is 21.8. The Labute approximate surface area is 439 Å². The van der Waals surface area contributed by atoms with Crippen molar-refractivity contribution in [2.24, 2.45) is 0 Å². The van der Waals surface area contributed by atoms with Crippen molar-refractivity contribution in [3.8, 4) is 55.6 Å². The van der Waals surface area contributed by atoms with Crippen molar-refractivity contribution in [2.45, 2.75) is 50.4 Å². The summed E-state index contributed by atoms with van der Waals surface area (Å²) in [6.45, 7) is 7.05. The third-order valence-corrected chi connectivity index (χ3v) is 17.6. The summed E-state index contributed by atoms with van der Waals surface area (Å²) >= 11 is 0. The van der Waals surface area contributed by atoms with Crippen LogP contribution in [0.15, 0.2) is 247 Å². The van der Waals surface area contributed by atoms with E-state index in [1.165, 1.54) is 122 Å². The van der Waals surface area contributed by atoms with Gasteiger partial charge in [0, 0.05) is 22.1 Å². The van der Waals surface area contributed by atoms with Crippen LogP contribution in [0.1, 0.15) is 86.5 Å². The minimum atomic E-state index is -0.501. The van der Waals surface area contributed by atoms with Crippen LogP contribution in [0.25, 0.3) is 77.6 Å². The summed E-state index contributed by atoms with van der Waals surface area (Å²) < 4.78 is 6.33. The molecule has 0 aliphatic heterocycles. The standard InChI is InChI=1S/C74H54O/c1-46-19-7-8-23-53(46)54-38-35-48(61(41-47-20-5-4-6-21-47)50-36-39-57-56-24-9-13-29-63(56)73(2,3)68(57)45-50)42-52(54)43-51-22-17-32-66-71(51)59-26-10-14-30-64(59)74(66)65-31-15-11-27-60(65)72-55(28-18-33-67(72)74)49-37-40-70-62(44-49)58-25-12-16-34-69(58)75-70/h4-40,42,44-45,61H,41,43H2,1-3H3. The summed E-state index contributed by atoms with van der Waals surface area (Å²) in [5.41, 5.74) is 30.5. The number of rotatable bonds is 8. The van der Waals surface area contributed by atoms with Gasteiger partial charge in [0.2, 0.25) is 0 Å². The van der Waals surface area contributed by atoms with Gasteiger partial charge in [-0.2, -0.15) is 0 Å². The fourth-order valence-electron chi connectivity index (χ4n) is 14.1. The Morgan fingerprint density at radius 1 is 0.373 bits per heavy atom. The van der Waals surface area contributed by atoms with E-state index in [0.29, 0.717) is 0 Å². The number of benzene rings is 11. The molecule has 12 aromatic rings. The van der Waals surface area contributed by atoms with Gasteiger partial charge in [0.05, 0.1) is 5.41 Å². The number of furan rings is 1. The monoisotopic (exact) mass is 958 g/mol. The highest BCUT2D eigenvalue weighted by Crippen LogP contribution is 2.65. The van der Waals surface area contributed by atoms with Crippen molar-refractivity contribution in [1.82, 2.24) is 0 Å². The van der Waals surface area contributed by atoms with Crippen LogP contribution in [-0.4, -0.2) is 0 Å². The molecule has 0 bridgehead atoms. The molecule has 356 valence electrons. The second-order valence-electron chi connectivity index (χ2n) is 21.8. The van der Waals surface area contributed by atoms with E-state index in [2.05, 4.69) is 257 Å². The van der Waals surface area contributed by atoms with Crippen LogP contribution in [0.4, 0.5) is 0 Å². The van der Waals surface area contributed by atoms with Crippen LogP contribution >= 0.6 is 0 Å². The Balaban J connectivity index is 0.911. The van der Waals surface area contributed by atoms with E-state index < -0.39 is 5.41 Å². The topological polar surface area (TPSA) is 13.1 Å². The molecule has 75 heavy (non-hydrogen) atoms. The van der Waals surface area contributed by atoms with Gasteiger partial charge in [-0.15, -0.1) is 0 Å². The van der Waals surface area contributed by atoms with Crippen molar-refractivity contribution < 1.29 is 4.42 Å². The van der Waals surface area contributed by atoms with Crippen molar-refractivity contribution in [2.75, 3.05) is 0 Å². The van der Waals surface area contributed by atoms with Gasteiger partial charge in [0.25, 0.3) is 0 Å². The summed E-state index contributed by atoms with van der Waals surface area (Å²) in [6.07, 6.45) is 1.68. The molecule has 1 heteroatoms. The average Bonchev–Trinajstić information content (AvgIpc) is 4.15. The lowest BCUT2D eigenvalue weighted by atomic mass is 9.70. The molecule has 0 radical (unpaired) electrons. The molecule has 3 aliphatic carbocycles. The Hall–Kier alpha value is -8.78. The van der Waals surface area contributed by atoms with Crippen molar-refractivity contribution in [3.05, 3.63) is 309 Å². The fraction of sp³-hybridized carbons (Fsp3) is 0.108. The van der Waals surface area contributed by atoms with Gasteiger partial charge in [0.1, 0.15) is 11.2 Å². The highest BCUT2D eigenvalue weighted by atomic mass is 16.3. The Bertz CT molecular complexity index is 4300. The maximum atomic E-state index is 6.33. The van der Waals surface area contributed by atoms with Gasteiger partial charge in [-0.3, -0.25) is 0 Å². The normalized spacial score (nSPS) is 15.6. The average molecular weight is 959 g/mol. The Morgan fingerprint density at radius 2 is 0.947 bits per heavy atom. The zero-order chi connectivity index (χ0) is 50.0. The van der Waals surface area contributed by atoms with E-state index in [0.717, 1.165) is 34.8 Å². The van der Waals surface area contributed by atoms with Crippen molar-refractivity contribution in [1.29, 1.82) is 0 Å². The molecule has 1 spiro atoms. The molecule has 1 heterocycles. The van der Waals surface area contributed by atoms with E-state index in [4.69, 9.17) is 4.42 Å².